The molecule has 0 aromatic rings. The second-order valence-electron chi connectivity index (χ2n) is 3.09. The molecular weight excluding hydrogens is 166 g/mol. The van der Waals surface area contributed by atoms with Gasteiger partial charge in [0.1, 0.15) is 0 Å². The van der Waals surface area contributed by atoms with Gasteiger partial charge in [-0.3, -0.25) is 0 Å². The van der Waals surface area contributed by atoms with Crippen LogP contribution >= 0.6 is 0 Å². The van der Waals surface area contributed by atoms with Gasteiger partial charge in [0.2, 0.25) is 0 Å². The summed E-state index contributed by atoms with van der Waals surface area (Å²) >= 11 is 0. The maximum absolute atomic E-state index is 5.93. The van der Waals surface area contributed by atoms with Crippen molar-refractivity contribution in [2.24, 2.45) is 5.73 Å². The summed E-state index contributed by atoms with van der Waals surface area (Å²) in [4.78, 5) is 0. The fraction of sp³-hybridized carbons (Fsp3) is 1.00. The van der Waals surface area contributed by atoms with E-state index in [9.17, 15) is 0 Å². The van der Waals surface area contributed by atoms with Crippen LogP contribution in [0.25, 0.3) is 0 Å². The van der Waals surface area contributed by atoms with Crippen molar-refractivity contribution in [3.63, 3.8) is 0 Å². The van der Waals surface area contributed by atoms with E-state index in [-0.39, 0.29) is 12.3 Å². The molecule has 13 heavy (non-hydrogen) atoms. The first-order valence-electron chi connectivity index (χ1n) is 5.24. The molecule has 0 aromatic heterocycles. The standard InChI is InChI=1S/C10H23NO2/c1-4-7-8-9(11)10(12-5-2)13-6-3/h9-10H,4-8,11H2,1-3H3. The Morgan fingerprint density at radius 3 is 2.00 bits per heavy atom. The Balaban J connectivity index is 3.72. The lowest BCUT2D eigenvalue weighted by atomic mass is 10.1. The van der Waals surface area contributed by atoms with Crippen LogP contribution in [0.3, 0.4) is 0 Å². The van der Waals surface area contributed by atoms with Crippen LogP contribution in [0.2, 0.25) is 0 Å². The van der Waals surface area contributed by atoms with E-state index >= 15 is 0 Å². The first-order valence-corrected chi connectivity index (χ1v) is 5.24. The van der Waals surface area contributed by atoms with Crippen molar-refractivity contribution in [2.45, 2.75) is 52.4 Å². The van der Waals surface area contributed by atoms with Crippen molar-refractivity contribution in [2.75, 3.05) is 13.2 Å². The molecule has 2 N–H and O–H groups in total. The molecule has 0 fully saturated rings. The molecule has 1 unspecified atom stereocenters. The van der Waals surface area contributed by atoms with Crippen LogP contribution in [0, 0.1) is 0 Å². The van der Waals surface area contributed by atoms with Gasteiger partial charge < -0.3 is 15.2 Å². The highest BCUT2D eigenvalue weighted by Gasteiger charge is 2.16. The van der Waals surface area contributed by atoms with Gasteiger partial charge in [0.15, 0.2) is 6.29 Å². The summed E-state index contributed by atoms with van der Waals surface area (Å²) in [6.07, 6.45) is 3.05. The molecule has 0 saturated carbocycles. The zero-order chi connectivity index (χ0) is 10.1. The van der Waals surface area contributed by atoms with Gasteiger partial charge in [-0.15, -0.1) is 0 Å². The summed E-state index contributed by atoms with van der Waals surface area (Å²) in [7, 11) is 0. The molecule has 0 aliphatic carbocycles. The van der Waals surface area contributed by atoms with Gasteiger partial charge in [0.25, 0.3) is 0 Å². The predicted octanol–water partition coefficient (Wildman–Crippen LogP) is 1.90. The maximum Gasteiger partial charge on any atom is 0.172 e. The molecule has 0 bridgehead atoms. The van der Waals surface area contributed by atoms with E-state index in [0.717, 1.165) is 12.8 Å². The van der Waals surface area contributed by atoms with Crippen molar-refractivity contribution in [1.82, 2.24) is 0 Å². The second kappa shape index (κ2) is 8.48. The summed E-state index contributed by atoms with van der Waals surface area (Å²) in [6.45, 7) is 7.38. The van der Waals surface area contributed by atoms with Gasteiger partial charge in [-0.2, -0.15) is 0 Å². The van der Waals surface area contributed by atoms with Gasteiger partial charge in [-0.1, -0.05) is 19.8 Å². The molecule has 3 nitrogen and oxygen atoms in total. The number of hydrogen-bond acceptors (Lipinski definition) is 3. The third-order valence-corrected chi connectivity index (χ3v) is 1.90. The van der Waals surface area contributed by atoms with Crippen LogP contribution in [-0.4, -0.2) is 25.5 Å². The van der Waals surface area contributed by atoms with Crippen molar-refractivity contribution >= 4 is 0 Å². The number of nitrogens with two attached hydrogens (primary N) is 1. The molecular formula is C10H23NO2. The zero-order valence-corrected chi connectivity index (χ0v) is 9.08. The molecule has 80 valence electrons. The summed E-state index contributed by atoms with van der Waals surface area (Å²) in [5.74, 6) is 0. The Morgan fingerprint density at radius 1 is 1.08 bits per heavy atom. The summed E-state index contributed by atoms with van der Waals surface area (Å²) < 4.78 is 10.8. The third-order valence-electron chi connectivity index (χ3n) is 1.90. The first-order chi connectivity index (χ1) is 6.26. The highest BCUT2D eigenvalue weighted by Crippen LogP contribution is 2.07. The number of hydrogen-bond donors (Lipinski definition) is 1. The van der Waals surface area contributed by atoms with Crippen LogP contribution < -0.4 is 5.73 Å². The molecule has 3 heteroatoms. The molecule has 0 spiro atoms. The highest BCUT2D eigenvalue weighted by atomic mass is 16.7. The van der Waals surface area contributed by atoms with E-state index in [4.69, 9.17) is 15.2 Å². The van der Waals surface area contributed by atoms with Crippen LogP contribution in [0.1, 0.15) is 40.0 Å². The Bertz CT molecular complexity index is 103. The molecule has 0 aliphatic rings. The maximum atomic E-state index is 5.93. The second-order valence-corrected chi connectivity index (χ2v) is 3.09. The highest BCUT2D eigenvalue weighted by molar-refractivity contribution is 4.65. The predicted molar refractivity (Wildman–Crippen MR) is 54.5 cm³/mol. The molecule has 0 rings (SSSR count). The van der Waals surface area contributed by atoms with Gasteiger partial charge in [0.05, 0.1) is 6.04 Å². The molecule has 0 aromatic carbocycles. The van der Waals surface area contributed by atoms with Crippen molar-refractivity contribution in [3.8, 4) is 0 Å². The number of unbranched alkanes of at least 4 members (excludes halogenated alkanes) is 1. The quantitative estimate of drug-likeness (QED) is 0.593. The zero-order valence-electron chi connectivity index (χ0n) is 9.08. The van der Waals surface area contributed by atoms with Crippen LogP contribution in [-0.2, 0) is 9.47 Å². The van der Waals surface area contributed by atoms with E-state index in [1.165, 1.54) is 6.42 Å². The minimum absolute atomic E-state index is 0.0137. The molecule has 0 amide bonds. The van der Waals surface area contributed by atoms with E-state index in [1.807, 2.05) is 13.8 Å². The van der Waals surface area contributed by atoms with Crippen LogP contribution in [0.15, 0.2) is 0 Å². The lowest BCUT2D eigenvalue weighted by molar-refractivity contribution is -0.149. The smallest absolute Gasteiger partial charge is 0.172 e. The Kier molecular flexibility index (Phi) is 8.40. The van der Waals surface area contributed by atoms with E-state index in [2.05, 4.69) is 6.92 Å². The normalized spacial score (nSPS) is 13.6. The Hall–Kier alpha value is -0.120. The fourth-order valence-corrected chi connectivity index (χ4v) is 1.20. The molecule has 1 atom stereocenters. The van der Waals surface area contributed by atoms with E-state index in [0.29, 0.717) is 13.2 Å². The van der Waals surface area contributed by atoms with Gasteiger partial charge in [0, 0.05) is 13.2 Å². The van der Waals surface area contributed by atoms with Crippen molar-refractivity contribution in [3.05, 3.63) is 0 Å². The third kappa shape index (κ3) is 6.02. The summed E-state index contributed by atoms with van der Waals surface area (Å²) in [5.41, 5.74) is 5.93. The molecule has 0 aliphatic heterocycles. The summed E-state index contributed by atoms with van der Waals surface area (Å²) in [6, 6.07) is 0.0137. The minimum Gasteiger partial charge on any atom is -0.351 e. The average Bonchev–Trinajstić information content (AvgIpc) is 2.14. The molecule has 0 radical (unpaired) electrons. The lowest BCUT2D eigenvalue weighted by Crippen LogP contribution is -2.38. The van der Waals surface area contributed by atoms with Crippen molar-refractivity contribution in [1.29, 1.82) is 0 Å². The molecule has 0 heterocycles. The largest absolute Gasteiger partial charge is 0.351 e. The average molecular weight is 189 g/mol. The topological polar surface area (TPSA) is 44.5 Å². The first kappa shape index (κ1) is 12.9. The van der Waals surface area contributed by atoms with Crippen LogP contribution in [0.4, 0.5) is 0 Å². The SMILES string of the molecule is CCCCC(N)C(OCC)OCC. The van der Waals surface area contributed by atoms with E-state index < -0.39 is 0 Å². The van der Waals surface area contributed by atoms with Gasteiger partial charge in [-0.25, -0.2) is 0 Å². The minimum atomic E-state index is -0.221. The lowest BCUT2D eigenvalue weighted by Gasteiger charge is -2.23. The fourth-order valence-electron chi connectivity index (χ4n) is 1.20. The Labute approximate surface area is 81.6 Å². The van der Waals surface area contributed by atoms with Gasteiger partial charge >= 0.3 is 0 Å². The number of ether oxygens (including phenoxy) is 2. The monoisotopic (exact) mass is 189 g/mol. The van der Waals surface area contributed by atoms with Crippen molar-refractivity contribution < 1.29 is 9.47 Å². The molecule has 0 saturated heterocycles. The van der Waals surface area contributed by atoms with E-state index in [1.54, 1.807) is 0 Å². The Morgan fingerprint density at radius 2 is 1.62 bits per heavy atom. The van der Waals surface area contributed by atoms with Gasteiger partial charge in [-0.05, 0) is 20.3 Å². The van der Waals surface area contributed by atoms with Crippen LogP contribution in [0.5, 0.6) is 0 Å². The number of rotatable bonds is 8. The summed E-state index contributed by atoms with van der Waals surface area (Å²) in [5, 5.41) is 0.